The summed E-state index contributed by atoms with van der Waals surface area (Å²) in [4.78, 5) is 8.94. The molecule has 1 atom stereocenters. The van der Waals surface area contributed by atoms with Crippen LogP contribution in [0.3, 0.4) is 0 Å². The van der Waals surface area contributed by atoms with E-state index in [1.54, 1.807) is 23.1 Å². The van der Waals surface area contributed by atoms with E-state index in [4.69, 9.17) is 5.73 Å². The van der Waals surface area contributed by atoms with Crippen molar-refractivity contribution in [1.82, 2.24) is 9.97 Å². The maximum absolute atomic E-state index is 13.3. The summed E-state index contributed by atoms with van der Waals surface area (Å²) < 4.78 is 29.3. The molecule has 2 N–H and O–H groups in total. The third-order valence-corrected chi connectivity index (χ3v) is 5.86. The first-order valence-electron chi connectivity index (χ1n) is 6.68. The van der Waals surface area contributed by atoms with E-state index in [2.05, 4.69) is 25.9 Å². The Morgan fingerprint density at radius 3 is 2.57 bits per heavy atom. The monoisotopic (exact) mass is 415 g/mol. The van der Waals surface area contributed by atoms with Gasteiger partial charge in [-0.3, -0.25) is 0 Å². The van der Waals surface area contributed by atoms with Crippen LogP contribution in [0.15, 0.2) is 33.1 Å². The van der Waals surface area contributed by atoms with Crippen molar-refractivity contribution < 1.29 is 8.78 Å². The molecule has 0 radical (unpaired) electrons. The Morgan fingerprint density at radius 2 is 1.91 bits per heavy atom. The highest BCUT2D eigenvalue weighted by atomic mass is 79.9. The van der Waals surface area contributed by atoms with Crippen LogP contribution >= 0.6 is 39.0 Å². The number of aromatic nitrogens is 2. The van der Waals surface area contributed by atoms with Crippen LogP contribution in [-0.2, 0) is 6.42 Å². The van der Waals surface area contributed by atoms with Crippen molar-refractivity contribution in [3.63, 3.8) is 0 Å². The standard InChI is InChI=1S/C15H12BrF2N3S2/c1-22-15-21-14-12(23-15)6-10(16)13(20-14)11(19)4-7-2-8(17)5-9(18)3-7/h2-3,5-6,11H,4,19H2,1H3. The van der Waals surface area contributed by atoms with E-state index in [9.17, 15) is 8.78 Å². The molecule has 120 valence electrons. The summed E-state index contributed by atoms with van der Waals surface area (Å²) in [6, 6.07) is 4.85. The summed E-state index contributed by atoms with van der Waals surface area (Å²) in [5.41, 5.74) is 7.95. The Labute approximate surface area is 148 Å². The number of benzene rings is 1. The van der Waals surface area contributed by atoms with Crippen molar-refractivity contribution in [3.05, 3.63) is 51.6 Å². The first kappa shape index (κ1) is 16.8. The number of hydrogen-bond donors (Lipinski definition) is 1. The Morgan fingerprint density at radius 1 is 1.22 bits per heavy atom. The second kappa shape index (κ2) is 6.80. The zero-order valence-corrected chi connectivity index (χ0v) is 15.2. The smallest absolute Gasteiger partial charge is 0.171 e. The number of fused-ring (bicyclic) bond motifs is 1. The molecule has 23 heavy (non-hydrogen) atoms. The molecule has 2 heterocycles. The Hall–Kier alpha value is -1.09. The molecule has 0 saturated carbocycles. The number of hydrogen-bond acceptors (Lipinski definition) is 5. The van der Waals surface area contributed by atoms with E-state index in [-0.39, 0.29) is 6.42 Å². The van der Waals surface area contributed by atoms with Gasteiger partial charge in [0.15, 0.2) is 9.99 Å². The van der Waals surface area contributed by atoms with Gasteiger partial charge in [0.1, 0.15) is 11.6 Å². The summed E-state index contributed by atoms with van der Waals surface area (Å²) >= 11 is 6.59. The average Bonchev–Trinajstić information content (AvgIpc) is 2.87. The molecule has 0 amide bonds. The van der Waals surface area contributed by atoms with Crippen LogP contribution < -0.4 is 5.73 Å². The fourth-order valence-electron chi connectivity index (χ4n) is 2.26. The molecular weight excluding hydrogens is 404 g/mol. The normalized spacial score (nSPS) is 12.7. The predicted molar refractivity (Wildman–Crippen MR) is 93.9 cm³/mol. The molecule has 0 fully saturated rings. The fraction of sp³-hybridized carbons (Fsp3) is 0.200. The van der Waals surface area contributed by atoms with Crippen molar-refractivity contribution in [2.45, 2.75) is 16.8 Å². The molecule has 1 aromatic carbocycles. The van der Waals surface area contributed by atoms with Gasteiger partial charge in [-0.1, -0.05) is 11.8 Å². The molecule has 0 bridgehead atoms. The predicted octanol–water partition coefficient (Wildman–Crippen LogP) is 4.70. The largest absolute Gasteiger partial charge is 0.322 e. The highest BCUT2D eigenvalue weighted by molar-refractivity contribution is 9.10. The van der Waals surface area contributed by atoms with Crippen LogP contribution in [0.1, 0.15) is 17.3 Å². The van der Waals surface area contributed by atoms with Crippen molar-refractivity contribution in [2.24, 2.45) is 5.73 Å². The highest BCUT2D eigenvalue weighted by Crippen LogP contribution is 2.32. The summed E-state index contributed by atoms with van der Waals surface area (Å²) in [6.07, 6.45) is 2.24. The molecule has 3 nitrogen and oxygen atoms in total. The zero-order chi connectivity index (χ0) is 16.6. The third-order valence-electron chi connectivity index (χ3n) is 3.25. The lowest BCUT2D eigenvalue weighted by molar-refractivity contribution is 0.575. The third kappa shape index (κ3) is 3.71. The van der Waals surface area contributed by atoms with Gasteiger partial charge in [-0.15, -0.1) is 11.3 Å². The van der Waals surface area contributed by atoms with E-state index in [0.29, 0.717) is 16.9 Å². The van der Waals surface area contributed by atoms with Crippen LogP contribution in [0.25, 0.3) is 10.3 Å². The number of thioether (sulfide) groups is 1. The average molecular weight is 416 g/mol. The molecule has 0 aliphatic carbocycles. The Kier molecular flexibility index (Phi) is 4.96. The summed E-state index contributed by atoms with van der Waals surface area (Å²) in [5.74, 6) is -1.22. The highest BCUT2D eigenvalue weighted by Gasteiger charge is 2.16. The summed E-state index contributed by atoms with van der Waals surface area (Å²) in [5, 5.41) is 0. The van der Waals surface area contributed by atoms with E-state index in [1.165, 1.54) is 12.1 Å². The minimum atomic E-state index is -0.612. The Bertz CT molecular complexity index is 849. The molecule has 1 unspecified atom stereocenters. The molecule has 2 aromatic heterocycles. The van der Waals surface area contributed by atoms with Crippen LogP contribution in [0.4, 0.5) is 8.78 Å². The van der Waals surface area contributed by atoms with E-state index in [0.717, 1.165) is 19.6 Å². The van der Waals surface area contributed by atoms with Crippen molar-refractivity contribution in [3.8, 4) is 0 Å². The second-order valence-electron chi connectivity index (χ2n) is 4.95. The molecule has 3 rings (SSSR count). The summed E-state index contributed by atoms with van der Waals surface area (Å²) in [7, 11) is 0. The quantitative estimate of drug-likeness (QED) is 0.627. The molecule has 0 aliphatic rings. The Balaban J connectivity index is 1.93. The van der Waals surface area contributed by atoms with Gasteiger partial charge < -0.3 is 5.73 Å². The maximum Gasteiger partial charge on any atom is 0.171 e. The lowest BCUT2D eigenvalue weighted by Gasteiger charge is -2.13. The van der Waals surface area contributed by atoms with Gasteiger partial charge in [0.05, 0.1) is 16.4 Å². The molecule has 0 saturated heterocycles. The summed E-state index contributed by atoms with van der Waals surface area (Å²) in [6.45, 7) is 0. The minimum Gasteiger partial charge on any atom is -0.322 e. The number of thiazole rings is 1. The fourth-order valence-corrected chi connectivity index (χ4v) is 4.48. The molecule has 3 aromatic rings. The van der Waals surface area contributed by atoms with E-state index < -0.39 is 17.7 Å². The SMILES string of the molecule is CSc1nc2nc(C(N)Cc3cc(F)cc(F)c3)c(Br)cc2s1. The lowest BCUT2D eigenvalue weighted by atomic mass is 10.0. The zero-order valence-electron chi connectivity index (χ0n) is 12.0. The van der Waals surface area contributed by atoms with Crippen LogP contribution in [0, 0.1) is 11.6 Å². The topological polar surface area (TPSA) is 51.8 Å². The number of rotatable bonds is 4. The minimum absolute atomic E-state index is 0.283. The molecule has 0 spiro atoms. The first-order chi connectivity index (χ1) is 11.0. The lowest BCUT2D eigenvalue weighted by Crippen LogP contribution is -2.16. The van der Waals surface area contributed by atoms with Crippen molar-refractivity contribution in [2.75, 3.05) is 6.26 Å². The van der Waals surface area contributed by atoms with Gasteiger partial charge in [0, 0.05) is 10.5 Å². The van der Waals surface area contributed by atoms with Crippen molar-refractivity contribution in [1.29, 1.82) is 0 Å². The molecule has 0 aliphatic heterocycles. The number of pyridine rings is 1. The van der Waals surface area contributed by atoms with Crippen molar-refractivity contribution >= 4 is 49.4 Å². The maximum atomic E-state index is 13.3. The molecule has 8 heteroatoms. The van der Waals surface area contributed by atoms with Gasteiger partial charge in [-0.05, 0) is 52.4 Å². The second-order valence-corrected chi connectivity index (χ2v) is 7.89. The number of nitrogens with two attached hydrogens (primary N) is 1. The van der Waals surface area contributed by atoms with E-state index in [1.807, 2.05) is 12.3 Å². The van der Waals surface area contributed by atoms with Gasteiger partial charge in [-0.2, -0.15) is 0 Å². The van der Waals surface area contributed by atoms with E-state index >= 15 is 0 Å². The number of nitrogens with zero attached hydrogens (tertiary/aromatic N) is 2. The van der Waals surface area contributed by atoms with Gasteiger partial charge >= 0.3 is 0 Å². The van der Waals surface area contributed by atoms with Crippen LogP contribution in [-0.4, -0.2) is 16.2 Å². The van der Waals surface area contributed by atoms with Gasteiger partial charge in [0.25, 0.3) is 0 Å². The van der Waals surface area contributed by atoms with Crippen LogP contribution in [0.2, 0.25) is 0 Å². The molecular formula is C15H12BrF2N3S2. The van der Waals surface area contributed by atoms with Gasteiger partial charge in [-0.25, -0.2) is 18.7 Å². The van der Waals surface area contributed by atoms with Crippen LogP contribution in [0.5, 0.6) is 0 Å². The number of halogens is 3. The first-order valence-corrected chi connectivity index (χ1v) is 9.51. The van der Waals surface area contributed by atoms with Gasteiger partial charge in [0.2, 0.25) is 0 Å².